The summed E-state index contributed by atoms with van der Waals surface area (Å²) in [5.41, 5.74) is 1.74. The fraction of sp³-hybridized carbons (Fsp3) is 0.345. The fourth-order valence-corrected chi connectivity index (χ4v) is 4.24. The van der Waals surface area contributed by atoms with Gasteiger partial charge in [0.05, 0.1) is 18.8 Å². The Hall–Kier alpha value is -3.52. The van der Waals surface area contributed by atoms with Crippen molar-refractivity contribution in [1.29, 1.82) is 0 Å². The van der Waals surface area contributed by atoms with Gasteiger partial charge in [-0.05, 0) is 67.8 Å². The van der Waals surface area contributed by atoms with Crippen LogP contribution in [0.15, 0.2) is 72.8 Å². The molecule has 198 valence electrons. The molecule has 3 aromatic carbocycles. The highest BCUT2D eigenvalue weighted by Gasteiger charge is 2.30. The summed E-state index contributed by atoms with van der Waals surface area (Å²) < 4.78 is 51.0. The first-order valence-corrected chi connectivity index (χ1v) is 12.3. The van der Waals surface area contributed by atoms with E-state index in [4.69, 9.17) is 9.47 Å². The van der Waals surface area contributed by atoms with Gasteiger partial charge in [-0.25, -0.2) is 0 Å². The summed E-state index contributed by atoms with van der Waals surface area (Å²) in [6, 6.07) is 19.7. The van der Waals surface area contributed by atoms with Crippen molar-refractivity contribution in [3.05, 3.63) is 95.1 Å². The first kappa shape index (κ1) is 28.1. The van der Waals surface area contributed by atoms with Gasteiger partial charge in [-0.1, -0.05) is 48.5 Å². The van der Waals surface area contributed by atoms with Gasteiger partial charge < -0.3 is 20.1 Å². The number of benzene rings is 3. The molecular formula is C29H33F3N2O3. The highest BCUT2D eigenvalue weighted by Crippen LogP contribution is 2.37. The van der Waals surface area contributed by atoms with Crippen molar-refractivity contribution in [2.45, 2.75) is 38.4 Å². The lowest BCUT2D eigenvalue weighted by Gasteiger charge is -2.23. The van der Waals surface area contributed by atoms with Crippen LogP contribution >= 0.6 is 0 Å². The van der Waals surface area contributed by atoms with Gasteiger partial charge in [-0.2, -0.15) is 13.2 Å². The van der Waals surface area contributed by atoms with E-state index < -0.39 is 17.8 Å². The number of hydrogen-bond donors (Lipinski definition) is 2. The normalized spacial score (nSPS) is 13.0. The Bertz CT molecular complexity index is 1140. The molecular weight excluding hydrogens is 481 g/mol. The molecule has 0 radical (unpaired) electrons. The van der Waals surface area contributed by atoms with E-state index in [1.165, 1.54) is 12.1 Å². The minimum Gasteiger partial charge on any atom is -0.490 e. The Morgan fingerprint density at radius 3 is 2.05 bits per heavy atom. The van der Waals surface area contributed by atoms with Gasteiger partial charge in [-0.15, -0.1) is 0 Å². The molecule has 0 saturated heterocycles. The van der Waals surface area contributed by atoms with Crippen molar-refractivity contribution in [3.8, 4) is 11.5 Å². The fourth-order valence-electron chi connectivity index (χ4n) is 4.24. The minimum absolute atomic E-state index is 0.169. The molecule has 2 atom stereocenters. The monoisotopic (exact) mass is 514 g/mol. The molecule has 0 aliphatic carbocycles. The number of carbonyl (C=O) groups is 1. The molecule has 1 amide bonds. The molecule has 3 aromatic rings. The first-order valence-electron chi connectivity index (χ1n) is 12.3. The van der Waals surface area contributed by atoms with Crippen LogP contribution in [0.4, 0.5) is 13.2 Å². The van der Waals surface area contributed by atoms with Crippen LogP contribution in [0.3, 0.4) is 0 Å². The molecule has 0 spiro atoms. The van der Waals surface area contributed by atoms with Crippen molar-refractivity contribution in [2.24, 2.45) is 0 Å². The molecule has 2 N–H and O–H groups in total. The van der Waals surface area contributed by atoms with Crippen LogP contribution in [0, 0.1) is 0 Å². The van der Waals surface area contributed by atoms with E-state index in [2.05, 4.69) is 10.6 Å². The van der Waals surface area contributed by atoms with Crippen LogP contribution in [-0.2, 0) is 11.0 Å². The maximum absolute atomic E-state index is 13.2. The minimum atomic E-state index is -4.41. The maximum Gasteiger partial charge on any atom is 0.416 e. The summed E-state index contributed by atoms with van der Waals surface area (Å²) in [6.45, 7) is 5.13. The van der Waals surface area contributed by atoms with Gasteiger partial charge in [0.2, 0.25) is 5.91 Å². The highest BCUT2D eigenvalue weighted by molar-refractivity contribution is 5.82. The number of rotatable bonds is 12. The Balaban J connectivity index is 1.91. The van der Waals surface area contributed by atoms with Crippen LogP contribution in [0.2, 0.25) is 0 Å². The van der Waals surface area contributed by atoms with Crippen molar-refractivity contribution < 1.29 is 27.4 Å². The molecule has 3 rings (SSSR count). The first-order chi connectivity index (χ1) is 17.8. The third-order valence-corrected chi connectivity index (χ3v) is 6.03. The molecule has 0 aliphatic heterocycles. The lowest BCUT2D eigenvalue weighted by Crippen LogP contribution is -2.36. The number of ether oxygens (including phenoxy) is 2. The lowest BCUT2D eigenvalue weighted by molar-refractivity contribution is -0.137. The summed E-state index contributed by atoms with van der Waals surface area (Å²) >= 11 is 0. The van der Waals surface area contributed by atoms with Crippen molar-refractivity contribution in [2.75, 3.05) is 26.8 Å². The summed E-state index contributed by atoms with van der Waals surface area (Å²) in [6.07, 6.45) is -3.88. The zero-order valence-electron chi connectivity index (χ0n) is 21.3. The van der Waals surface area contributed by atoms with Gasteiger partial charge in [-0.3, -0.25) is 4.79 Å². The quantitative estimate of drug-likeness (QED) is 0.307. The topological polar surface area (TPSA) is 59.6 Å². The Morgan fingerprint density at radius 1 is 0.838 bits per heavy atom. The number of nitrogens with one attached hydrogen (secondary N) is 2. The van der Waals surface area contributed by atoms with E-state index in [0.29, 0.717) is 37.7 Å². The molecule has 37 heavy (non-hydrogen) atoms. The summed E-state index contributed by atoms with van der Waals surface area (Å²) in [5, 5.41) is 6.00. The molecule has 0 unspecified atom stereocenters. The Labute approximate surface area is 216 Å². The zero-order chi connectivity index (χ0) is 26.8. The van der Waals surface area contributed by atoms with E-state index in [1.54, 1.807) is 7.05 Å². The SMILES string of the molecule is CCOc1ccc([C@H](CCN[C@@H](C(=O)NC)c2ccccc2)c2ccc(C(F)(F)F)cc2)cc1OCC. The average Bonchev–Trinajstić information content (AvgIpc) is 2.90. The number of likely N-dealkylation sites (N-methyl/N-ethyl adjacent to an activating group) is 1. The molecule has 0 saturated carbocycles. The standard InChI is InChI=1S/C29H33F3N2O3/c1-4-36-25-16-13-22(19-26(25)37-5-2)24(20-11-14-23(15-12-20)29(30,31)32)17-18-34-27(28(35)33-3)21-9-7-6-8-10-21/h6-16,19,24,27,34H,4-5,17-18H2,1-3H3,(H,33,35)/t24-,27-/m1/s1. The van der Waals surface area contributed by atoms with Gasteiger partial charge in [0.1, 0.15) is 6.04 Å². The predicted molar refractivity (Wildman–Crippen MR) is 138 cm³/mol. The molecule has 0 aliphatic rings. The highest BCUT2D eigenvalue weighted by atomic mass is 19.4. The second kappa shape index (κ2) is 13.1. The number of amides is 1. The predicted octanol–water partition coefficient (Wildman–Crippen LogP) is 6.10. The maximum atomic E-state index is 13.2. The summed E-state index contributed by atoms with van der Waals surface area (Å²) in [7, 11) is 1.58. The van der Waals surface area contributed by atoms with E-state index >= 15 is 0 Å². The van der Waals surface area contributed by atoms with E-state index in [0.717, 1.165) is 28.8 Å². The van der Waals surface area contributed by atoms with Crippen molar-refractivity contribution >= 4 is 5.91 Å². The number of carbonyl (C=O) groups excluding carboxylic acids is 1. The molecule has 0 heterocycles. The Morgan fingerprint density at radius 2 is 1.46 bits per heavy atom. The van der Waals surface area contributed by atoms with Crippen molar-refractivity contribution in [1.82, 2.24) is 10.6 Å². The van der Waals surface area contributed by atoms with Crippen LogP contribution in [0.5, 0.6) is 11.5 Å². The van der Waals surface area contributed by atoms with Gasteiger partial charge in [0.15, 0.2) is 11.5 Å². The lowest BCUT2D eigenvalue weighted by atomic mass is 9.87. The molecule has 5 nitrogen and oxygen atoms in total. The second-order valence-electron chi connectivity index (χ2n) is 8.45. The van der Waals surface area contributed by atoms with E-state index in [-0.39, 0.29) is 11.8 Å². The molecule has 0 aromatic heterocycles. The van der Waals surface area contributed by atoms with Crippen LogP contribution in [-0.4, -0.2) is 32.7 Å². The van der Waals surface area contributed by atoms with Crippen LogP contribution < -0.4 is 20.1 Å². The zero-order valence-corrected chi connectivity index (χ0v) is 21.3. The van der Waals surface area contributed by atoms with Crippen LogP contribution in [0.25, 0.3) is 0 Å². The second-order valence-corrected chi connectivity index (χ2v) is 8.45. The van der Waals surface area contributed by atoms with Crippen molar-refractivity contribution in [3.63, 3.8) is 0 Å². The third kappa shape index (κ3) is 7.49. The van der Waals surface area contributed by atoms with Gasteiger partial charge in [0, 0.05) is 13.0 Å². The largest absolute Gasteiger partial charge is 0.490 e. The smallest absolute Gasteiger partial charge is 0.416 e. The average molecular weight is 515 g/mol. The Kier molecular flexibility index (Phi) is 9.97. The molecule has 8 heteroatoms. The van der Waals surface area contributed by atoms with Crippen LogP contribution in [0.1, 0.15) is 54.5 Å². The number of alkyl halides is 3. The van der Waals surface area contributed by atoms with E-state index in [9.17, 15) is 18.0 Å². The number of halogens is 3. The van der Waals surface area contributed by atoms with Gasteiger partial charge in [0.25, 0.3) is 0 Å². The molecule has 0 fully saturated rings. The summed E-state index contributed by atoms with van der Waals surface area (Å²) in [4.78, 5) is 12.6. The molecule has 0 bridgehead atoms. The number of hydrogen-bond acceptors (Lipinski definition) is 4. The summed E-state index contributed by atoms with van der Waals surface area (Å²) in [5.74, 6) is 0.781. The van der Waals surface area contributed by atoms with Gasteiger partial charge >= 0.3 is 6.18 Å². The van der Waals surface area contributed by atoms with E-state index in [1.807, 2.05) is 62.4 Å². The third-order valence-electron chi connectivity index (χ3n) is 6.03.